The lowest BCUT2D eigenvalue weighted by molar-refractivity contribution is -0.119. The van der Waals surface area contributed by atoms with Gasteiger partial charge in [0.15, 0.2) is 11.5 Å². The number of rotatable bonds is 9. The maximum atomic E-state index is 12.3. The molecule has 7 heteroatoms. The predicted octanol–water partition coefficient (Wildman–Crippen LogP) is 2.91. The van der Waals surface area contributed by atoms with Crippen molar-refractivity contribution in [3.63, 3.8) is 0 Å². The zero-order chi connectivity index (χ0) is 21.5. The summed E-state index contributed by atoms with van der Waals surface area (Å²) in [6.07, 6.45) is 2.18. The number of methoxy groups -OCH3 is 2. The highest BCUT2D eigenvalue weighted by atomic mass is 16.5. The van der Waals surface area contributed by atoms with Gasteiger partial charge in [0.25, 0.3) is 0 Å². The second-order valence-electron chi connectivity index (χ2n) is 7.24. The van der Waals surface area contributed by atoms with Crippen LogP contribution in [0, 0.1) is 6.92 Å². The maximum Gasteiger partial charge on any atom is 0.239 e. The Labute approximate surface area is 177 Å². The molecule has 0 aromatic heterocycles. The third-order valence-corrected chi connectivity index (χ3v) is 5.29. The summed E-state index contributed by atoms with van der Waals surface area (Å²) >= 11 is 0. The van der Waals surface area contributed by atoms with E-state index in [4.69, 9.17) is 9.47 Å². The monoisotopic (exact) mass is 411 g/mol. The first-order valence-corrected chi connectivity index (χ1v) is 10.1. The topological polar surface area (TPSA) is 79.9 Å². The quantitative estimate of drug-likeness (QED) is 0.663. The highest BCUT2D eigenvalue weighted by molar-refractivity contribution is 5.97. The summed E-state index contributed by atoms with van der Waals surface area (Å²) in [6, 6.07) is 11.5. The molecule has 0 spiro atoms. The van der Waals surface area contributed by atoms with Gasteiger partial charge < -0.3 is 25.0 Å². The first-order chi connectivity index (χ1) is 14.5. The lowest BCUT2D eigenvalue weighted by atomic mass is 10.1. The van der Waals surface area contributed by atoms with Gasteiger partial charge in [0.2, 0.25) is 11.8 Å². The summed E-state index contributed by atoms with van der Waals surface area (Å²) < 4.78 is 10.5. The van der Waals surface area contributed by atoms with Crippen LogP contribution >= 0.6 is 0 Å². The molecule has 30 heavy (non-hydrogen) atoms. The van der Waals surface area contributed by atoms with Crippen molar-refractivity contribution in [1.29, 1.82) is 0 Å². The molecule has 1 aliphatic rings. The van der Waals surface area contributed by atoms with Crippen molar-refractivity contribution in [3.8, 4) is 11.5 Å². The molecular weight excluding hydrogens is 382 g/mol. The Balaban J connectivity index is 1.50. The van der Waals surface area contributed by atoms with Crippen molar-refractivity contribution >= 4 is 23.2 Å². The molecule has 160 valence electrons. The molecule has 1 heterocycles. The number of hydrogen-bond acceptors (Lipinski definition) is 5. The number of nitrogens with zero attached hydrogens (tertiary/aromatic N) is 1. The minimum atomic E-state index is -0.0856. The van der Waals surface area contributed by atoms with Crippen LogP contribution in [0.4, 0.5) is 11.4 Å². The van der Waals surface area contributed by atoms with E-state index in [1.54, 1.807) is 14.2 Å². The molecule has 0 unspecified atom stereocenters. The molecule has 2 aromatic rings. The zero-order valence-electron chi connectivity index (χ0n) is 17.8. The van der Waals surface area contributed by atoms with E-state index in [1.807, 2.05) is 48.2 Å². The molecule has 1 aliphatic heterocycles. The zero-order valence-corrected chi connectivity index (χ0v) is 17.8. The highest BCUT2D eigenvalue weighted by Gasteiger charge is 2.23. The van der Waals surface area contributed by atoms with Gasteiger partial charge in [-0.2, -0.15) is 0 Å². The molecule has 7 nitrogen and oxygen atoms in total. The second-order valence-corrected chi connectivity index (χ2v) is 7.24. The van der Waals surface area contributed by atoms with Crippen molar-refractivity contribution < 1.29 is 19.1 Å². The molecule has 0 saturated carbocycles. The van der Waals surface area contributed by atoms with Gasteiger partial charge in [-0.05, 0) is 55.2 Å². The first kappa shape index (κ1) is 21.5. The molecular formula is C23H29N3O4. The Morgan fingerprint density at radius 1 is 1.13 bits per heavy atom. The van der Waals surface area contributed by atoms with Crippen molar-refractivity contribution in [3.05, 3.63) is 47.5 Å². The number of hydrogen-bond donors (Lipinski definition) is 2. The lowest BCUT2D eigenvalue weighted by Crippen LogP contribution is -2.31. The first-order valence-electron chi connectivity index (χ1n) is 10.1. The summed E-state index contributed by atoms with van der Waals surface area (Å²) in [5.74, 6) is 1.43. The van der Waals surface area contributed by atoms with Crippen LogP contribution in [0.3, 0.4) is 0 Å². The van der Waals surface area contributed by atoms with E-state index in [1.165, 1.54) is 0 Å². The molecule has 1 fully saturated rings. The summed E-state index contributed by atoms with van der Waals surface area (Å²) in [7, 11) is 3.21. The van der Waals surface area contributed by atoms with Crippen LogP contribution in [0.5, 0.6) is 11.5 Å². The highest BCUT2D eigenvalue weighted by Crippen LogP contribution is 2.30. The van der Waals surface area contributed by atoms with Crippen LogP contribution in [0.2, 0.25) is 0 Å². The Morgan fingerprint density at radius 2 is 1.93 bits per heavy atom. The maximum absolute atomic E-state index is 12.3. The number of carbonyl (C=O) groups is 2. The summed E-state index contributed by atoms with van der Waals surface area (Å²) in [5, 5.41) is 6.11. The van der Waals surface area contributed by atoms with Gasteiger partial charge in [0.1, 0.15) is 0 Å². The van der Waals surface area contributed by atoms with E-state index in [-0.39, 0.29) is 18.4 Å². The Hall–Kier alpha value is -3.22. The SMILES string of the molecule is COc1ccc(CCNC(=O)CNc2cccc(N3CCCC3=O)c2C)cc1OC. The van der Waals surface area contributed by atoms with Crippen molar-refractivity contribution in [2.45, 2.75) is 26.2 Å². The molecule has 1 saturated heterocycles. The Bertz CT molecular complexity index is 913. The molecule has 2 amide bonds. The minimum Gasteiger partial charge on any atom is -0.493 e. The molecule has 0 atom stereocenters. The number of benzene rings is 2. The molecule has 2 aromatic carbocycles. The lowest BCUT2D eigenvalue weighted by Gasteiger charge is -2.20. The van der Waals surface area contributed by atoms with Crippen molar-refractivity contribution in [2.75, 3.05) is 44.1 Å². The number of carbonyl (C=O) groups excluding carboxylic acids is 2. The van der Waals surface area contributed by atoms with Gasteiger partial charge in [-0.3, -0.25) is 9.59 Å². The fourth-order valence-electron chi connectivity index (χ4n) is 3.63. The van der Waals surface area contributed by atoms with Crippen molar-refractivity contribution in [1.82, 2.24) is 5.32 Å². The number of nitrogens with one attached hydrogen (secondary N) is 2. The van der Waals surface area contributed by atoms with E-state index in [2.05, 4.69) is 10.6 Å². The Morgan fingerprint density at radius 3 is 2.63 bits per heavy atom. The summed E-state index contributed by atoms with van der Waals surface area (Å²) in [4.78, 5) is 26.1. The largest absolute Gasteiger partial charge is 0.493 e. The van der Waals surface area contributed by atoms with Gasteiger partial charge in [-0.25, -0.2) is 0 Å². The van der Waals surface area contributed by atoms with E-state index in [0.717, 1.165) is 35.5 Å². The Kier molecular flexibility index (Phi) is 7.17. The number of amides is 2. The van der Waals surface area contributed by atoms with Crippen LogP contribution in [-0.4, -0.2) is 45.7 Å². The van der Waals surface area contributed by atoms with E-state index < -0.39 is 0 Å². The third-order valence-electron chi connectivity index (χ3n) is 5.29. The van der Waals surface area contributed by atoms with Crippen LogP contribution in [0.25, 0.3) is 0 Å². The normalized spacial score (nSPS) is 13.3. The van der Waals surface area contributed by atoms with Gasteiger partial charge in [-0.1, -0.05) is 12.1 Å². The molecule has 0 aliphatic carbocycles. The van der Waals surface area contributed by atoms with Crippen LogP contribution in [0.1, 0.15) is 24.0 Å². The molecule has 2 N–H and O–H groups in total. The fourth-order valence-corrected chi connectivity index (χ4v) is 3.63. The third kappa shape index (κ3) is 5.03. The van der Waals surface area contributed by atoms with Gasteiger partial charge in [0.05, 0.1) is 20.8 Å². The average molecular weight is 412 g/mol. The van der Waals surface area contributed by atoms with Crippen LogP contribution < -0.4 is 25.0 Å². The fraction of sp³-hybridized carbons (Fsp3) is 0.391. The summed E-state index contributed by atoms with van der Waals surface area (Å²) in [5.41, 5.74) is 3.81. The summed E-state index contributed by atoms with van der Waals surface area (Å²) in [6.45, 7) is 3.42. The molecule has 3 rings (SSSR count). The van der Waals surface area contributed by atoms with Gasteiger partial charge >= 0.3 is 0 Å². The number of anilines is 2. The van der Waals surface area contributed by atoms with E-state index in [0.29, 0.717) is 30.9 Å². The minimum absolute atomic E-state index is 0.0856. The molecule has 0 bridgehead atoms. The van der Waals surface area contributed by atoms with Gasteiger partial charge in [0, 0.05) is 30.9 Å². The van der Waals surface area contributed by atoms with Crippen LogP contribution in [-0.2, 0) is 16.0 Å². The predicted molar refractivity (Wildman–Crippen MR) is 118 cm³/mol. The van der Waals surface area contributed by atoms with Crippen LogP contribution in [0.15, 0.2) is 36.4 Å². The van der Waals surface area contributed by atoms with Gasteiger partial charge in [-0.15, -0.1) is 0 Å². The molecule has 0 radical (unpaired) electrons. The van der Waals surface area contributed by atoms with E-state index in [9.17, 15) is 9.59 Å². The standard InChI is InChI=1S/C23H29N3O4/c1-16-18(6-4-7-19(16)26-13-5-8-23(26)28)25-15-22(27)24-12-11-17-9-10-20(29-2)21(14-17)30-3/h4,6-7,9-10,14,25H,5,8,11-13,15H2,1-3H3,(H,24,27). The average Bonchev–Trinajstić information content (AvgIpc) is 3.18. The van der Waals surface area contributed by atoms with E-state index >= 15 is 0 Å². The smallest absolute Gasteiger partial charge is 0.239 e. The van der Waals surface area contributed by atoms with Crippen molar-refractivity contribution in [2.24, 2.45) is 0 Å². The second kappa shape index (κ2) is 10.0. The number of ether oxygens (including phenoxy) is 2.